The van der Waals surface area contributed by atoms with Crippen LogP contribution in [0.2, 0.25) is 0 Å². The van der Waals surface area contributed by atoms with Gasteiger partial charge in [-0.15, -0.1) is 0 Å². The Balaban J connectivity index is 0.00000169. The Bertz CT molecular complexity index is 320. The van der Waals surface area contributed by atoms with Gasteiger partial charge in [-0.3, -0.25) is 0 Å². The first-order chi connectivity index (χ1) is 5.95. The SMILES string of the molecule is COc1ncc(N)cc1[B-](F)(F)F.[K+]. The number of nitrogens with two attached hydrogens (primary N) is 1. The standard InChI is InChI=1S/C6H7BF3N2O.K/c1-13-6-5(7(8,9)10)2-4(11)3-12-6;/h2-3H,11H2,1H3;/q-1;+1. The molecule has 8 heteroatoms. The minimum absolute atomic E-state index is 0. The molecule has 72 valence electrons. The first-order valence-corrected chi connectivity index (χ1v) is 3.44. The molecule has 0 aromatic carbocycles. The number of anilines is 1. The van der Waals surface area contributed by atoms with Gasteiger partial charge >= 0.3 is 58.4 Å². The molecule has 3 nitrogen and oxygen atoms in total. The Morgan fingerprint density at radius 1 is 1.43 bits per heavy atom. The summed E-state index contributed by atoms with van der Waals surface area (Å²) in [5.74, 6) is -0.443. The van der Waals surface area contributed by atoms with Gasteiger partial charge < -0.3 is 23.4 Å². The van der Waals surface area contributed by atoms with Crippen molar-refractivity contribution in [3.05, 3.63) is 12.3 Å². The summed E-state index contributed by atoms with van der Waals surface area (Å²) < 4.78 is 41.4. The van der Waals surface area contributed by atoms with Gasteiger partial charge in [0, 0.05) is 5.69 Å². The van der Waals surface area contributed by atoms with E-state index >= 15 is 0 Å². The fourth-order valence-corrected chi connectivity index (χ4v) is 0.891. The van der Waals surface area contributed by atoms with Crippen molar-refractivity contribution >= 4 is 18.1 Å². The van der Waals surface area contributed by atoms with Gasteiger partial charge in [-0.2, -0.15) is 0 Å². The fourth-order valence-electron chi connectivity index (χ4n) is 0.891. The normalized spacial score (nSPS) is 10.6. The van der Waals surface area contributed by atoms with E-state index in [-0.39, 0.29) is 57.1 Å². The van der Waals surface area contributed by atoms with Gasteiger partial charge in [0.05, 0.1) is 13.3 Å². The first kappa shape index (κ1) is 14.2. The largest absolute Gasteiger partial charge is 1.00 e. The Morgan fingerprint density at radius 3 is 2.43 bits per heavy atom. The number of halogens is 3. The van der Waals surface area contributed by atoms with Crippen molar-refractivity contribution in [1.29, 1.82) is 0 Å². The Morgan fingerprint density at radius 2 is 2.00 bits per heavy atom. The molecule has 0 saturated carbocycles. The van der Waals surface area contributed by atoms with Crippen LogP contribution in [-0.4, -0.2) is 19.1 Å². The number of nitrogens with zero attached hydrogens (tertiary/aromatic N) is 1. The summed E-state index contributed by atoms with van der Waals surface area (Å²) in [4.78, 5) is 3.41. The third-order valence-electron chi connectivity index (χ3n) is 1.45. The maximum atomic E-state index is 12.3. The monoisotopic (exact) mass is 230 g/mol. The molecule has 0 amide bonds. The zero-order chi connectivity index (χ0) is 10.1. The number of aromatic nitrogens is 1. The van der Waals surface area contributed by atoms with Crippen LogP contribution in [0.3, 0.4) is 0 Å². The number of hydrogen-bond donors (Lipinski definition) is 1. The van der Waals surface area contributed by atoms with E-state index in [9.17, 15) is 12.9 Å². The van der Waals surface area contributed by atoms with Crippen LogP contribution >= 0.6 is 0 Å². The molecule has 0 saturated heterocycles. The fraction of sp³-hybridized carbons (Fsp3) is 0.167. The first-order valence-electron chi connectivity index (χ1n) is 3.44. The maximum absolute atomic E-state index is 12.3. The molecule has 0 aliphatic rings. The van der Waals surface area contributed by atoms with Gasteiger partial charge in [0.2, 0.25) is 0 Å². The van der Waals surface area contributed by atoms with Gasteiger partial charge in [0.15, 0.2) is 5.88 Å². The number of nitrogen functional groups attached to an aromatic ring is 1. The smallest absolute Gasteiger partial charge is 0.483 e. The summed E-state index contributed by atoms with van der Waals surface area (Å²) in [6.45, 7) is -5.12. The van der Waals surface area contributed by atoms with Crippen molar-refractivity contribution in [3.8, 4) is 5.88 Å². The zero-order valence-electron chi connectivity index (χ0n) is 7.80. The zero-order valence-corrected chi connectivity index (χ0v) is 10.9. The molecular formula is C6H7BF3KN2O. The predicted molar refractivity (Wildman–Crippen MR) is 43.9 cm³/mol. The number of pyridine rings is 1. The molecule has 0 atom stereocenters. The minimum Gasteiger partial charge on any atom is -0.483 e. The maximum Gasteiger partial charge on any atom is 1.00 e. The van der Waals surface area contributed by atoms with Crippen molar-refractivity contribution in [2.45, 2.75) is 0 Å². The van der Waals surface area contributed by atoms with Gasteiger partial charge in [-0.1, -0.05) is 6.07 Å². The molecule has 14 heavy (non-hydrogen) atoms. The summed E-state index contributed by atoms with van der Waals surface area (Å²) >= 11 is 0. The van der Waals surface area contributed by atoms with Crippen molar-refractivity contribution in [1.82, 2.24) is 4.98 Å². The van der Waals surface area contributed by atoms with Gasteiger partial charge in [0.1, 0.15) is 0 Å². The molecule has 2 N–H and O–H groups in total. The number of rotatable bonds is 2. The van der Waals surface area contributed by atoms with E-state index < -0.39 is 18.3 Å². The van der Waals surface area contributed by atoms with Crippen LogP contribution in [-0.2, 0) is 0 Å². The molecule has 0 aliphatic carbocycles. The number of hydrogen-bond acceptors (Lipinski definition) is 3. The van der Waals surface area contributed by atoms with E-state index in [1.54, 1.807) is 0 Å². The predicted octanol–water partition coefficient (Wildman–Crippen LogP) is -2.27. The molecule has 0 spiro atoms. The minimum atomic E-state index is -5.12. The quantitative estimate of drug-likeness (QED) is 0.583. The van der Waals surface area contributed by atoms with Crippen molar-refractivity contribution in [3.63, 3.8) is 0 Å². The molecule has 1 aromatic rings. The van der Waals surface area contributed by atoms with E-state index in [1.807, 2.05) is 0 Å². The Hall–Kier alpha value is 0.241. The average Bonchev–Trinajstić information content (AvgIpc) is 2.03. The Kier molecular flexibility index (Phi) is 5.45. The molecule has 1 rings (SSSR count). The molecule has 1 aromatic heterocycles. The summed E-state index contributed by atoms with van der Waals surface area (Å²) in [6.07, 6.45) is 1.12. The van der Waals surface area contributed by atoms with Crippen LogP contribution in [0.1, 0.15) is 0 Å². The number of ether oxygens (including phenoxy) is 1. The van der Waals surface area contributed by atoms with Crippen LogP contribution in [0.4, 0.5) is 18.6 Å². The van der Waals surface area contributed by atoms with Gasteiger partial charge in [-0.05, 0) is 5.46 Å². The van der Waals surface area contributed by atoms with Crippen molar-refractivity contribution < 1.29 is 69.1 Å². The van der Waals surface area contributed by atoms with E-state index in [1.165, 1.54) is 0 Å². The van der Waals surface area contributed by atoms with E-state index in [2.05, 4.69) is 9.72 Å². The second kappa shape index (κ2) is 5.36. The molecule has 0 bridgehead atoms. The second-order valence-corrected chi connectivity index (χ2v) is 2.44. The van der Waals surface area contributed by atoms with Gasteiger partial charge in [-0.25, -0.2) is 4.98 Å². The molecule has 0 unspecified atom stereocenters. The third-order valence-corrected chi connectivity index (χ3v) is 1.45. The van der Waals surface area contributed by atoms with Crippen LogP contribution < -0.4 is 67.3 Å². The summed E-state index contributed by atoms with van der Waals surface area (Å²) in [5.41, 5.74) is 4.24. The van der Waals surface area contributed by atoms with Crippen LogP contribution in [0, 0.1) is 0 Å². The van der Waals surface area contributed by atoms with Crippen molar-refractivity contribution in [2.24, 2.45) is 0 Å². The Labute approximate surface area is 122 Å². The van der Waals surface area contributed by atoms with Crippen molar-refractivity contribution in [2.75, 3.05) is 12.8 Å². The van der Waals surface area contributed by atoms with E-state index in [4.69, 9.17) is 5.73 Å². The second-order valence-electron chi connectivity index (χ2n) is 2.44. The molecule has 1 heterocycles. The average molecular weight is 230 g/mol. The van der Waals surface area contributed by atoms with Gasteiger partial charge in [0.25, 0.3) is 0 Å². The topological polar surface area (TPSA) is 48.1 Å². The summed E-state index contributed by atoms with van der Waals surface area (Å²) in [5, 5.41) is 0. The summed E-state index contributed by atoms with van der Waals surface area (Å²) in [6, 6.07) is 0.811. The van der Waals surface area contributed by atoms with E-state index in [0.29, 0.717) is 0 Å². The van der Waals surface area contributed by atoms with Crippen LogP contribution in [0.15, 0.2) is 12.3 Å². The molecular weight excluding hydrogens is 223 g/mol. The molecule has 0 aliphatic heterocycles. The van der Waals surface area contributed by atoms with Crippen LogP contribution in [0.25, 0.3) is 0 Å². The van der Waals surface area contributed by atoms with Crippen LogP contribution in [0.5, 0.6) is 5.88 Å². The number of methoxy groups -OCH3 is 1. The molecule has 0 fully saturated rings. The van der Waals surface area contributed by atoms with E-state index in [0.717, 1.165) is 19.4 Å². The molecule has 0 radical (unpaired) electrons. The third kappa shape index (κ3) is 3.43. The summed E-state index contributed by atoms with van der Waals surface area (Å²) in [7, 11) is 1.13.